The van der Waals surface area contributed by atoms with Crippen LogP contribution in [0.3, 0.4) is 0 Å². The highest BCUT2D eigenvalue weighted by molar-refractivity contribution is 8.00. The number of rotatable bonds is 7. The number of carbonyl (C=O) groups excluding carboxylic acids is 2. The second-order valence-electron chi connectivity index (χ2n) is 6.63. The zero-order valence-electron chi connectivity index (χ0n) is 16.5. The number of thioether (sulfide) groups is 1. The molecule has 0 unspecified atom stereocenters. The fourth-order valence-electron chi connectivity index (χ4n) is 2.68. The Morgan fingerprint density at radius 2 is 1.62 bits per heavy atom. The summed E-state index contributed by atoms with van der Waals surface area (Å²) in [6.07, 6.45) is 0.687. The standard InChI is InChI=1S/C21H23N5O2S/c1-14(20(28)23-18-11-9-17(10-12-18)22-15(2)27)29-21-25-24-19(26(21)3)13-16-7-5-4-6-8-16/h4-12,14H,13H2,1-3H3,(H,22,27)(H,23,28)/t14-/m0/s1. The summed E-state index contributed by atoms with van der Waals surface area (Å²) in [6, 6.07) is 17.1. The topological polar surface area (TPSA) is 88.9 Å². The van der Waals surface area contributed by atoms with Crippen LogP contribution in [0.1, 0.15) is 25.2 Å². The average molecular weight is 410 g/mol. The van der Waals surface area contributed by atoms with Gasteiger partial charge in [0.2, 0.25) is 11.8 Å². The largest absolute Gasteiger partial charge is 0.326 e. The van der Waals surface area contributed by atoms with Crippen molar-refractivity contribution in [3.8, 4) is 0 Å². The van der Waals surface area contributed by atoms with Crippen molar-refractivity contribution in [2.75, 3.05) is 10.6 Å². The van der Waals surface area contributed by atoms with E-state index in [1.807, 2.05) is 36.7 Å². The summed E-state index contributed by atoms with van der Waals surface area (Å²) in [5.74, 6) is 0.580. The van der Waals surface area contributed by atoms with Crippen LogP contribution in [0.5, 0.6) is 0 Å². The molecule has 29 heavy (non-hydrogen) atoms. The van der Waals surface area contributed by atoms with Crippen LogP contribution in [0.2, 0.25) is 0 Å². The van der Waals surface area contributed by atoms with Crippen molar-refractivity contribution in [2.24, 2.45) is 7.05 Å². The maximum atomic E-state index is 12.5. The third-order valence-electron chi connectivity index (χ3n) is 4.25. The number of amides is 2. The molecule has 0 aliphatic heterocycles. The maximum Gasteiger partial charge on any atom is 0.237 e. The van der Waals surface area contributed by atoms with Gasteiger partial charge in [-0.05, 0) is 36.8 Å². The first-order chi connectivity index (χ1) is 13.9. The van der Waals surface area contributed by atoms with Gasteiger partial charge in [-0.1, -0.05) is 42.1 Å². The molecule has 7 nitrogen and oxygen atoms in total. The highest BCUT2D eigenvalue weighted by Crippen LogP contribution is 2.24. The van der Waals surface area contributed by atoms with E-state index < -0.39 is 0 Å². The van der Waals surface area contributed by atoms with E-state index in [2.05, 4.69) is 33.0 Å². The summed E-state index contributed by atoms with van der Waals surface area (Å²) in [4.78, 5) is 23.6. The van der Waals surface area contributed by atoms with Gasteiger partial charge in [0.15, 0.2) is 5.16 Å². The summed E-state index contributed by atoms with van der Waals surface area (Å²) >= 11 is 1.36. The van der Waals surface area contributed by atoms with Gasteiger partial charge in [-0.2, -0.15) is 0 Å². The van der Waals surface area contributed by atoms with E-state index in [9.17, 15) is 9.59 Å². The minimum Gasteiger partial charge on any atom is -0.326 e. The molecule has 1 atom stereocenters. The summed E-state index contributed by atoms with van der Waals surface area (Å²) < 4.78 is 1.92. The molecule has 150 valence electrons. The molecule has 2 aromatic carbocycles. The molecular formula is C21H23N5O2S. The second kappa shape index (κ2) is 9.38. The molecule has 3 aromatic rings. The lowest BCUT2D eigenvalue weighted by atomic mass is 10.1. The Labute approximate surface area is 173 Å². The lowest BCUT2D eigenvalue weighted by Crippen LogP contribution is -2.22. The van der Waals surface area contributed by atoms with Crippen LogP contribution in [-0.2, 0) is 23.1 Å². The van der Waals surface area contributed by atoms with E-state index in [0.29, 0.717) is 23.0 Å². The smallest absolute Gasteiger partial charge is 0.237 e. The molecule has 0 spiro atoms. The highest BCUT2D eigenvalue weighted by Gasteiger charge is 2.19. The van der Waals surface area contributed by atoms with Crippen LogP contribution in [0, 0.1) is 0 Å². The maximum absolute atomic E-state index is 12.5. The van der Waals surface area contributed by atoms with Crippen molar-refractivity contribution in [2.45, 2.75) is 30.7 Å². The number of carbonyl (C=O) groups is 2. The fraction of sp³-hybridized carbons (Fsp3) is 0.238. The van der Waals surface area contributed by atoms with E-state index in [4.69, 9.17) is 0 Å². The van der Waals surface area contributed by atoms with Crippen LogP contribution >= 0.6 is 11.8 Å². The number of hydrogen-bond donors (Lipinski definition) is 2. The number of anilines is 2. The number of nitrogens with one attached hydrogen (secondary N) is 2. The van der Waals surface area contributed by atoms with Crippen LogP contribution in [0.4, 0.5) is 11.4 Å². The molecule has 0 radical (unpaired) electrons. The van der Waals surface area contributed by atoms with Crippen LogP contribution in [-0.4, -0.2) is 31.8 Å². The van der Waals surface area contributed by atoms with Gasteiger partial charge >= 0.3 is 0 Å². The first kappa shape index (κ1) is 20.6. The molecule has 0 aliphatic carbocycles. The van der Waals surface area contributed by atoms with Crippen molar-refractivity contribution < 1.29 is 9.59 Å². The van der Waals surface area contributed by atoms with E-state index in [1.54, 1.807) is 24.3 Å². The van der Waals surface area contributed by atoms with Crippen molar-refractivity contribution in [3.05, 3.63) is 66.0 Å². The summed E-state index contributed by atoms with van der Waals surface area (Å²) in [6.45, 7) is 3.28. The molecular weight excluding hydrogens is 386 g/mol. The lowest BCUT2D eigenvalue weighted by molar-refractivity contribution is -0.115. The molecule has 3 rings (SSSR count). The number of nitrogens with zero attached hydrogens (tertiary/aromatic N) is 3. The Morgan fingerprint density at radius 3 is 2.24 bits per heavy atom. The molecule has 0 bridgehead atoms. The van der Waals surface area contributed by atoms with E-state index >= 15 is 0 Å². The van der Waals surface area contributed by atoms with Gasteiger partial charge in [-0.25, -0.2) is 0 Å². The Morgan fingerprint density at radius 1 is 1.00 bits per heavy atom. The number of aromatic nitrogens is 3. The molecule has 1 heterocycles. The van der Waals surface area contributed by atoms with Gasteiger partial charge in [-0.15, -0.1) is 10.2 Å². The molecule has 0 saturated heterocycles. The monoisotopic (exact) mass is 409 g/mol. The fourth-order valence-corrected chi connectivity index (χ4v) is 3.51. The highest BCUT2D eigenvalue weighted by atomic mass is 32.2. The summed E-state index contributed by atoms with van der Waals surface area (Å²) in [7, 11) is 1.91. The molecule has 2 N–H and O–H groups in total. The van der Waals surface area contributed by atoms with Crippen LogP contribution < -0.4 is 10.6 Å². The van der Waals surface area contributed by atoms with Crippen molar-refractivity contribution >= 4 is 35.0 Å². The predicted molar refractivity (Wildman–Crippen MR) is 115 cm³/mol. The minimum absolute atomic E-state index is 0.130. The lowest BCUT2D eigenvalue weighted by Gasteiger charge is -2.12. The molecule has 1 aromatic heterocycles. The summed E-state index contributed by atoms with van der Waals surface area (Å²) in [5.41, 5.74) is 2.51. The Kier molecular flexibility index (Phi) is 6.66. The Hall–Kier alpha value is -3.13. The van der Waals surface area contributed by atoms with Gasteiger partial charge in [0.1, 0.15) is 5.82 Å². The number of hydrogen-bond acceptors (Lipinski definition) is 5. The first-order valence-corrected chi connectivity index (χ1v) is 10.1. The second-order valence-corrected chi connectivity index (χ2v) is 7.94. The van der Waals surface area contributed by atoms with E-state index in [-0.39, 0.29) is 17.1 Å². The zero-order chi connectivity index (χ0) is 20.8. The third-order valence-corrected chi connectivity index (χ3v) is 5.39. The third kappa shape index (κ3) is 5.68. The van der Waals surface area contributed by atoms with Crippen LogP contribution in [0.15, 0.2) is 59.8 Å². The summed E-state index contributed by atoms with van der Waals surface area (Å²) in [5, 5.41) is 14.4. The number of benzene rings is 2. The normalized spacial score (nSPS) is 11.7. The van der Waals surface area contributed by atoms with Gasteiger partial charge in [0, 0.05) is 31.8 Å². The Balaban J connectivity index is 1.59. The van der Waals surface area contributed by atoms with Crippen LogP contribution in [0.25, 0.3) is 0 Å². The Bertz CT molecular complexity index is 986. The first-order valence-electron chi connectivity index (χ1n) is 9.19. The van der Waals surface area contributed by atoms with Crippen molar-refractivity contribution in [1.82, 2.24) is 14.8 Å². The quantitative estimate of drug-likeness (QED) is 0.583. The van der Waals surface area contributed by atoms with Crippen molar-refractivity contribution in [1.29, 1.82) is 0 Å². The zero-order valence-corrected chi connectivity index (χ0v) is 17.4. The average Bonchev–Trinajstić information content (AvgIpc) is 3.03. The minimum atomic E-state index is -0.350. The molecule has 0 fully saturated rings. The van der Waals surface area contributed by atoms with Gasteiger partial charge in [0.25, 0.3) is 0 Å². The van der Waals surface area contributed by atoms with E-state index in [1.165, 1.54) is 18.7 Å². The predicted octanol–water partition coefficient (Wildman–Crippen LogP) is 3.48. The van der Waals surface area contributed by atoms with Gasteiger partial charge in [-0.3, -0.25) is 9.59 Å². The SMILES string of the molecule is CC(=O)Nc1ccc(NC(=O)[C@H](C)Sc2nnc(Cc3ccccc3)n2C)cc1. The van der Waals surface area contributed by atoms with E-state index in [0.717, 1.165) is 11.4 Å². The molecule has 8 heteroatoms. The molecule has 2 amide bonds. The molecule has 0 saturated carbocycles. The van der Waals surface area contributed by atoms with Crippen molar-refractivity contribution in [3.63, 3.8) is 0 Å². The van der Waals surface area contributed by atoms with Gasteiger partial charge in [0.05, 0.1) is 5.25 Å². The molecule has 0 aliphatic rings. The van der Waals surface area contributed by atoms with Gasteiger partial charge < -0.3 is 15.2 Å².